The Hall–Kier alpha value is -3.20. The maximum Gasteiger partial charge on any atom is 0.285 e. The molecular formula is C24H28N4O4S. The molecule has 2 aliphatic rings. The van der Waals surface area contributed by atoms with Gasteiger partial charge < -0.3 is 10.4 Å². The van der Waals surface area contributed by atoms with E-state index in [1.54, 1.807) is 17.3 Å². The van der Waals surface area contributed by atoms with Gasteiger partial charge in [-0.3, -0.25) is 4.79 Å². The molecule has 1 amide bonds. The Morgan fingerprint density at radius 2 is 1.91 bits per heavy atom. The standard InChI is InChI=1S/C24H28N4O4S/c1-5-24(6-2)19-11-16(7-10-20(19)26-23(24)30)13-25-28(14-15(3)4)22-18-9-8-17(29)12-21(18)33(31,32)27-22/h7-13,15,29H,5-6,14H2,1-4H3,(H,26,30)/b25-13+. The number of amides is 1. The molecule has 0 saturated carbocycles. The van der Waals surface area contributed by atoms with Crippen molar-refractivity contribution in [2.24, 2.45) is 15.4 Å². The number of hydrazone groups is 1. The summed E-state index contributed by atoms with van der Waals surface area (Å²) in [5.41, 5.74) is 2.43. The van der Waals surface area contributed by atoms with Gasteiger partial charge in [0.05, 0.1) is 11.6 Å². The van der Waals surface area contributed by atoms with Gasteiger partial charge in [0.15, 0.2) is 5.84 Å². The first-order valence-electron chi connectivity index (χ1n) is 11.1. The summed E-state index contributed by atoms with van der Waals surface area (Å²) in [6, 6.07) is 9.90. The van der Waals surface area contributed by atoms with E-state index in [2.05, 4.69) is 14.8 Å². The first-order chi connectivity index (χ1) is 15.6. The number of nitrogens with one attached hydrogen (secondary N) is 1. The molecule has 8 nitrogen and oxygen atoms in total. The SMILES string of the molecule is CCC1(CC)C(=O)Nc2ccc(/C=N/N(CC(C)C)C3=NS(=O)(=O)c4cc(O)ccc43)cc21. The summed E-state index contributed by atoms with van der Waals surface area (Å²) in [6.45, 7) is 8.49. The van der Waals surface area contributed by atoms with Crippen molar-refractivity contribution < 1.29 is 18.3 Å². The van der Waals surface area contributed by atoms with Gasteiger partial charge in [0.1, 0.15) is 10.6 Å². The fourth-order valence-electron chi connectivity index (χ4n) is 4.44. The second-order valence-electron chi connectivity index (χ2n) is 8.84. The second kappa shape index (κ2) is 8.30. The van der Waals surface area contributed by atoms with Crippen LogP contribution in [0, 0.1) is 5.92 Å². The Labute approximate surface area is 194 Å². The van der Waals surface area contributed by atoms with Crippen LogP contribution in [0.2, 0.25) is 0 Å². The van der Waals surface area contributed by atoms with E-state index in [9.17, 15) is 18.3 Å². The molecule has 174 valence electrons. The van der Waals surface area contributed by atoms with Gasteiger partial charge in [0, 0.05) is 23.9 Å². The molecule has 0 unspecified atom stereocenters. The Morgan fingerprint density at radius 3 is 2.58 bits per heavy atom. The number of benzene rings is 2. The molecule has 9 heteroatoms. The number of fused-ring (bicyclic) bond motifs is 2. The van der Waals surface area contributed by atoms with Crippen LogP contribution < -0.4 is 5.32 Å². The summed E-state index contributed by atoms with van der Waals surface area (Å²) in [7, 11) is -3.91. The van der Waals surface area contributed by atoms with E-state index in [4.69, 9.17) is 0 Å². The number of hydrogen-bond donors (Lipinski definition) is 2. The molecule has 4 rings (SSSR count). The number of nitrogens with zero attached hydrogens (tertiary/aromatic N) is 3. The van der Waals surface area contributed by atoms with Gasteiger partial charge in [-0.05, 0) is 54.2 Å². The van der Waals surface area contributed by atoms with E-state index in [1.807, 2.05) is 45.9 Å². The van der Waals surface area contributed by atoms with E-state index in [-0.39, 0.29) is 28.3 Å². The number of anilines is 1. The number of amidine groups is 1. The largest absolute Gasteiger partial charge is 0.508 e. The number of sulfonamides is 1. The van der Waals surface area contributed by atoms with Crippen LogP contribution >= 0.6 is 0 Å². The van der Waals surface area contributed by atoms with Crippen LogP contribution in [0.5, 0.6) is 5.75 Å². The number of phenolic OH excluding ortho intramolecular Hbond substituents is 1. The highest BCUT2D eigenvalue weighted by Gasteiger charge is 2.43. The van der Waals surface area contributed by atoms with E-state index < -0.39 is 15.4 Å². The van der Waals surface area contributed by atoms with Crippen molar-refractivity contribution in [1.82, 2.24) is 5.01 Å². The highest BCUT2D eigenvalue weighted by atomic mass is 32.2. The Bertz CT molecular complexity index is 1280. The summed E-state index contributed by atoms with van der Waals surface area (Å²) in [6.07, 6.45) is 3.05. The lowest BCUT2D eigenvalue weighted by atomic mass is 9.76. The smallest absolute Gasteiger partial charge is 0.285 e. The first-order valence-corrected chi connectivity index (χ1v) is 12.5. The molecule has 0 radical (unpaired) electrons. The minimum absolute atomic E-state index is 0.0170. The van der Waals surface area contributed by atoms with E-state index in [0.717, 1.165) is 16.8 Å². The van der Waals surface area contributed by atoms with Crippen LogP contribution in [0.3, 0.4) is 0 Å². The highest BCUT2D eigenvalue weighted by Crippen LogP contribution is 2.43. The molecular weight excluding hydrogens is 440 g/mol. The normalized spacial score (nSPS) is 17.7. The molecule has 2 heterocycles. The zero-order valence-electron chi connectivity index (χ0n) is 19.2. The van der Waals surface area contributed by atoms with Crippen LogP contribution in [-0.2, 0) is 20.2 Å². The molecule has 2 N–H and O–H groups in total. The van der Waals surface area contributed by atoms with Crippen molar-refractivity contribution in [3.05, 3.63) is 53.1 Å². The zero-order chi connectivity index (χ0) is 24.0. The van der Waals surface area contributed by atoms with Crippen molar-refractivity contribution in [2.45, 2.75) is 50.8 Å². The first kappa shape index (κ1) is 23.0. The lowest BCUT2D eigenvalue weighted by Crippen LogP contribution is -2.32. The number of rotatable bonds is 6. The average molecular weight is 469 g/mol. The summed E-state index contributed by atoms with van der Waals surface area (Å²) >= 11 is 0. The van der Waals surface area contributed by atoms with Gasteiger partial charge in [-0.15, -0.1) is 4.40 Å². The minimum atomic E-state index is -3.91. The Morgan fingerprint density at radius 1 is 1.18 bits per heavy atom. The number of hydrogen-bond acceptors (Lipinski definition) is 6. The fourth-order valence-corrected chi connectivity index (χ4v) is 5.67. The van der Waals surface area contributed by atoms with Crippen LogP contribution in [0.1, 0.15) is 57.2 Å². The molecule has 0 spiro atoms. The van der Waals surface area contributed by atoms with Gasteiger partial charge in [-0.2, -0.15) is 13.5 Å². The third-order valence-corrected chi connectivity index (χ3v) is 7.58. The number of carbonyl (C=O) groups is 1. The van der Waals surface area contributed by atoms with Crippen LogP contribution in [0.15, 0.2) is 50.8 Å². The van der Waals surface area contributed by atoms with Crippen molar-refractivity contribution in [1.29, 1.82) is 0 Å². The predicted octanol–water partition coefficient (Wildman–Crippen LogP) is 3.84. The molecule has 0 bridgehead atoms. The lowest BCUT2D eigenvalue weighted by Gasteiger charge is -2.24. The zero-order valence-corrected chi connectivity index (χ0v) is 20.0. The predicted molar refractivity (Wildman–Crippen MR) is 128 cm³/mol. The molecule has 2 aromatic rings. The average Bonchev–Trinajstić information content (AvgIpc) is 3.20. The van der Waals surface area contributed by atoms with Gasteiger partial charge in [0.25, 0.3) is 10.0 Å². The van der Waals surface area contributed by atoms with Gasteiger partial charge in [0.2, 0.25) is 5.91 Å². The molecule has 0 atom stereocenters. The van der Waals surface area contributed by atoms with Gasteiger partial charge in [-0.25, -0.2) is 5.01 Å². The van der Waals surface area contributed by atoms with Crippen LogP contribution in [-0.4, -0.2) is 43.0 Å². The minimum Gasteiger partial charge on any atom is -0.508 e. The lowest BCUT2D eigenvalue weighted by molar-refractivity contribution is -0.121. The maximum atomic E-state index is 12.6. The molecule has 0 saturated heterocycles. The monoisotopic (exact) mass is 468 g/mol. The van der Waals surface area contributed by atoms with Crippen molar-refractivity contribution in [3.63, 3.8) is 0 Å². The number of phenols is 1. The van der Waals surface area contributed by atoms with Crippen molar-refractivity contribution in [2.75, 3.05) is 11.9 Å². The quantitative estimate of drug-likeness (QED) is 0.494. The van der Waals surface area contributed by atoms with Crippen molar-refractivity contribution >= 4 is 33.7 Å². The summed E-state index contributed by atoms with van der Waals surface area (Å²) in [4.78, 5) is 12.6. The molecule has 33 heavy (non-hydrogen) atoms. The van der Waals surface area contributed by atoms with Gasteiger partial charge in [-0.1, -0.05) is 33.8 Å². The maximum absolute atomic E-state index is 12.6. The van der Waals surface area contributed by atoms with Crippen LogP contribution in [0.4, 0.5) is 5.69 Å². The van der Waals surface area contributed by atoms with E-state index in [0.29, 0.717) is 24.9 Å². The van der Waals surface area contributed by atoms with E-state index in [1.165, 1.54) is 12.1 Å². The summed E-state index contributed by atoms with van der Waals surface area (Å²) in [5.74, 6) is 0.292. The summed E-state index contributed by atoms with van der Waals surface area (Å²) in [5, 5.41) is 18.9. The summed E-state index contributed by atoms with van der Waals surface area (Å²) < 4.78 is 29.1. The van der Waals surface area contributed by atoms with Gasteiger partial charge >= 0.3 is 0 Å². The van der Waals surface area contributed by atoms with Crippen LogP contribution in [0.25, 0.3) is 0 Å². The third-order valence-electron chi connectivity index (χ3n) is 6.27. The fraction of sp³-hybridized carbons (Fsp3) is 0.375. The molecule has 0 fully saturated rings. The molecule has 0 aliphatic carbocycles. The topological polar surface area (TPSA) is 111 Å². The van der Waals surface area contributed by atoms with Crippen molar-refractivity contribution in [3.8, 4) is 5.75 Å². The second-order valence-corrected chi connectivity index (χ2v) is 10.4. The third kappa shape index (κ3) is 3.90. The Balaban J connectivity index is 1.72. The highest BCUT2D eigenvalue weighted by molar-refractivity contribution is 7.90. The molecule has 0 aromatic heterocycles. The van der Waals surface area contributed by atoms with E-state index >= 15 is 0 Å². The number of aromatic hydroxyl groups is 1. The number of carbonyl (C=O) groups excluding carboxylic acids is 1. The Kier molecular flexibility index (Phi) is 5.78. The molecule has 2 aromatic carbocycles. The molecule has 2 aliphatic heterocycles.